The molecular weight excluding hydrogens is 472 g/mol. The van der Waals surface area contributed by atoms with Gasteiger partial charge in [-0.1, -0.05) is 78.4 Å². The number of hydrogen-bond acceptors (Lipinski definition) is 1. The van der Waals surface area contributed by atoms with E-state index >= 15 is 0 Å². The smallest absolute Gasteiger partial charge is 0.247 e. The molecule has 7 rings (SSSR count). The lowest BCUT2D eigenvalue weighted by molar-refractivity contribution is 0.00780. The van der Waals surface area contributed by atoms with Gasteiger partial charge in [-0.3, -0.25) is 0 Å². The van der Waals surface area contributed by atoms with Crippen molar-refractivity contribution in [3.63, 3.8) is 0 Å². The summed E-state index contributed by atoms with van der Waals surface area (Å²) in [5.74, 6) is -2.74. The van der Waals surface area contributed by atoms with Crippen LogP contribution < -0.4 is 0 Å². The van der Waals surface area contributed by atoms with Gasteiger partial charge >= 0.3 is 0 Å². The Morgan fingerprint density at radius 2 is 1.55 bits per heavy atom. The first kappa shape index (κ1) is 23.3. The predicted molar refractivity (Wildman–Crippen MR) is 152 cm³/mol. The first-order chi connectivity index (χ1) is 18.4. The van der Waals surface area contributed by atoms with Gasteiger partial charge in [0.1, 0.15) is 0 Å². The molecule has 1 aromatic heterocycles. The number of benzene rings is 4. The molecule has 1 fully saturated rings. The molecule has 0 aliphatic heterocycles. The van der Waals surface area contributed by atoms with Crippen molar-refractivity contribution in [2.24, 2.45) is 0 Å². The van der Waals surface area contributed by atoms with E-state index in [0.717, 1.165) is 45.3 Å². The van der Waals surface area contributed by atoms with Crippen LogP contribution in [0.5, 0.6) is 0 Å². The van der Waals surface area contributed by atoms with Crippen LogP contribution in [0.25, 0.3) is 44.4 Å². The molecule has 2 aliphatic rings. The highest BCUT2D eigenvalue weighted by Crippen LogP contribution is 2.48. The van der Waals surface area contributed by atoms with Crippen LogP contribution in [-0.2, 0) is 6.42 Å². The second-order valence-corrected chi connectivity index (χ2v) is 11.1. The van der Waals surface area contributed by atoms with E-state index < -0.39 is 5.92 Å². The Labute approximate surface area is 222 Å². The summed E-state index contributed by atoms with van der Waals surface area (Å²) in [6.45, 7) is 4.22. The molecule has 1 unspecified atom stereocenters. The summed E-state index contributed by atoms with van der Waals surface area (Å²) in [6.07, 6.45) is 1.26. The van der Waals surface area contributed by atoms with Crippen molar-refractivity contribution in [1.29, 1.82) is 0 Å². The third-order valence-electron chi connectivity index (χ3n) is 8.42. The topological polar surface area (TPSA) is 12.9 Å². The van der Waals surface area contributed by atoms with E-state index in [9.17, 15) is 8.78 Å². The Kier molecular flexibility index (Phi) is 5.26. The van der Waals surface area contributed by atoms with Crippen molar-refractivity contribution >= 4 is 10.8 Å². The fourth-order valence-electron chi connectivity index (χ4n) is 6.54. The molecule has 2 aliphatic carbocycles. The third-order valence-corrected chi connectivity index (χ3v) is 8.42. The number of rotatable bonds is 3. The number of pyridine rings is 1. The number of aryl methyl sites for hydroxylation is 2. The molecule has 0 spiro atoms. The molecule has 188 valence electrons. The molecule has 38 heavy (non-hydrogen) atoms. The lowest BCUT2D eigenvalue weighted by atomic mass is 9.88. The Hall–Kier alpha value is -3.85. The quantitative estimate of drug-likeness (QED) is 0.235. The minimum atomic E-state index is -2.59. The number of alkyl halides is 2. The molecule has 0 amide bonds. The van der Waals surface area contributed by atoms with Crippen LogP contribution in [0.15, 0.2) is 84.9 Å². The first-order valence-electron chi connectivity index (χ1n) is 13.5. The van der Waals surface area contributed by atoms with Gasteiger partial charge in [-0.05, 0) is 83.5 Å². The molecule has 1 saturated carbocycles. The van der Waals surface area contributed by atoms with E-state index in [0.29, 0.717) is 6.42 Å². The minimum Gasteiger partial charge on any atom is -0.247 e. The van der Waals surface area contributed by atoms with Gasteiger partial charge in [0.2, 0.25) is 5.92 Å². The van der Waals surface area contributed by atoms with Crippen LogP contribution in [-0.4, -0.2) is 10.9 Å². The van der Waals surface area contributed by atoms with Crippen LogP contribution in [0, 0.1) is 13.8 Å². The highest BCUT2D eigenvalue weighted by molar-refractivity contribution is 6.01. The lowest BCUT2D eigenvalue weighted by Gasteiger charge is -2.19. The summed E-state index contributed by atoms with van der Waals surface area (Å²) in [5, 5.41) is 2.08. The second-order valence-electron chi connectivity index (χ2n) is 11.1. The molecule has 4 aromatic carbocycles. The minimum absolute atomic E-state index is 0.0412. The van der Waals surface area contributed by atoms with Crippen molar-refractivity contribution in [2.75, 3.05) is 0 Å². The maximum absolute atomic E-state index is 14.3. The number of aromatic nitrogens is 1. The molecule has 5 aromatic rings. The van der Waals surface area contributed by atoms with Gasteiger partial charge < -0.3 is 0 Å². The summed E-state index contributed by atoms with van der Waals surface area (Å²) >= 11 is 0. The number of hydrogen-bond donors (Lipinski definition) is 0. The molecule has 0 bridgehead atoms. The van der Waals surface area contributed by atoms with Crippen molar-refractivity contribution in [3.05, 3.63) is 113 Å². The van der Waals surface area contributed by atoms with E-state index in [1.807, 2.05) is 12.1 Å². The van der Waals surface area contributed by atoms with Crippen LogP contribution in [0.1, 0.15) is 53.0 Å². The van der Waals surface area contributed by atoms with Gasteiger partial charge in [-0.2, -0.15) is 0 Å². The number of nitrogens with zero attached hydrogens (tertiary/aromatic N) is 1. The Balaban J connectivity index is 1.50. The SMILES string of the molecule is Cc1ccc(-c2cc3c(C4CCC(F)(F)C4)cccc3c(-c3cc(C)cc4c3Cc3ccccc3-4)n2)cc1. The van der Waals surface area contributed by atoms with Crippen molar-refractivity contribution in [2.45, 2.75) is 51.4 Å². The fourth-order valence-corrected chi connectivity index (χ4v) is 6.54. The fraction of sp³-hybridized carbons (Fsp3) is 0.229. The van der Waals surface area contributed by atoms with E-state index in [-0.39, 0.29) is 18.8 Å². The molecule has 0 N–H and O–H groups in total. The van der Waals surface area contributed by atoms with E-state index in [1.165, 1.54) is 33.4 Å². The standard InChI is InChI=1S/C35H29F2N/c1-21-10-12-23(13-11-21)33-19-31-27(25-14-15-35(36,37)20-25)8-5-9-28(31)34(38-33)32-17-22(2)16-29-26-7-4-3-6-24(26)18-30(29)32/h3-13,16-17,19,25H,14-15,18,20H2,1-2H3. The Bertz CT molecular complexity index is 1720. The molecule has 1 heterocycles. The highest BCUT2D eigenvalue weighted by Gasteiger charge is 2.40. The van der Waals surface area contributed by atoms with Crippen LogP contribution in [0.2, 0.25) is 0 Å². The molecule has 1 nitrogen and oxygen atoms in total. The summed E-state index contributed by atoms with van der Waals surface area (Å²) in [4.78, 5) is 5.30. The molecule has 1 atom stereocenters. The third kappa shape index (κ3) is 3.84. The maximum atomic E-state index is 14.3. The zero-order valence-electron chi connectivity index (χ0n) is 21.7. The van der Waals surface area contributed by atoms with Crippen molar-refractivity contribution < 1.29 is 8.78 Å². The van der Waals surface area contributed by atoms with E-state index in [4.69, 9.17) is 4.98 Å². The molecule has 0 radical (unpaired) electrons. The van der Waals surface area contributed by atoms with Gasteiger partial charge in [0.15, 0.2) is 0 Å². The number of fused-ring (bicyclic) bond motifs is 4. The van der Waals surface area contributed by atoms with E-state index in [1.54, 1.807) is 0 Å². The largest absolute Gasteiger partial charge is 0.248 e. The van der Waals surface area contributed by atoms with Gasteiger partial charge in [-0.15, -0.1) is 0 Å². The average Bonchev–Trinajstić information content (AvgIpc) is 3.47. The van der Waals surface area contributed by atoms with Crippen molar-refractivity contribution in [1.82, 2.24) is 4.98 Å². The molecular formula is C35H29F2N. The normalized spacial score (nSPS) is 17.5. The van der Waals surface area contributed by atoms with Gasteiger partial charge in [0.05, 0.1) is 11.4 Å². The summed E-state index contributed by atoms with van der Waals surface area (Å²) in [7, 11) is 0. The lowest BCUT2D eigenvalue weighted by Crippen LogP contribution is -2.09. The monoisotopic (exact) mass is 501 g/mol. The predicted octanol–water partition coefficient (Wildman–Crippen LogP) is 9.66. The van der Waals surface area contributed by atoms with Crippen LogP contribution in [0.3, 0.4) is 0 Å². The Morgan fingerprint density at radius 1 is 0.763 bits per heavy atom. The number of halogens is 2. The molecule has 3 heteroatoms. The van der Waals surface area contributed by atoms with E-state index in [2.05, 4.69) is 86.6 Å². The van der Waals surface area contributed by atoms with Crippen LogP contribution in [0.4, 0.5) is 8.78 Å². The first-order valence-corrected chi connectivity index (χ1v) is 13.5. The second kappa shape index (κ2) is 8.59. The summed E-state index contributed by atoms with van der Waals surface area (Å²) < 4.78 is 28.6. The van der Waals surface area contributed by atoms with Gasteiger partial charge in [-0.25, -0.2) is 13.8 Å². The summed E-state index contributed by atoms with van der Waals surface area (Å²) in [5.41, 5.74) is 12.6. The maximum Gasteiger partial charge on any atom is 0.248 e. The van der Waals surface area contributed by atoms with Crippen LogP contribution >= 0.6 is 0 Å². The zero-order chi connectivity index (χ0) is 26.0. The average molecular weight is 502 g/mol. The van der Waals surface area contributed by atoms with Gasteiger partial charge in [0.25, 0.3) is 0 Å². The Morgan fingerprint density at radius 3 is 2.34 bits per heavy atom. The van der Waals surface area contributed by atoms with Gasteiger partial charge in [0, 0.05) is 29.4 Å². The molecule has 0 saturated heterocycles. The summed E-state index contributed by atoms with van der Waals surface area (Å²) in [6, 6.07) is 29.9. The van der Waals surface area contributed by atoms with Crippen molar-refractivity contribution in [3.8, 4) is 33.6 Å². The highest BCUT2D eigenvalue weighted by atomic mass is 19.3. The zero-order valence-corrected chi connectivity index (χ0v) is 21.7.